The van der Waals surface area contributed by atoms with Crippen LogP contribution in [-0.4, -0.2) is 10.9 Å². The van der Waals surface area contributed by atoms with Gasteiger partial charge in [-0.25, -0.2) is 0 Å². The smallest absolute Gasteiger partial charge is 0.325 e. The van der Waals surface area contributed by atoms with Crippen LogP contribution in [0.25, 0.3) is 5.57 Å². The van der Waals surface area contributed by atoms with Gasteiger partial charge in [0.2, 0.25) is 0 Å². The van der Waals surface area contributed by atoms with Crippen LogP contribution in [0.2, 0.25) is 5.02 Å². The number of carbonyl (C=O) groups is 1. The largest absolute Gasteiger partial charge is 0.417 e. The highest BCUT2D eigenvalue weighted by Crippen LogP contribution is 2.39. The number of carbonyl (C=O) groups excluding carboxylic acids is 1. The Kier molecular flexibility index (Phi) is 5.14. The fraction of sp³-hybridized carbons (Fsp3) is 0.222. The third-order valence-electron chi connectivity index (χ3n) is 4.19. The molecule has 148 valence electrons. The summed E-state index contributed by atoms with van der Waals surface area (Å²) in [6.45, 7) is 0. The number of aromatic nitrogens is 1. The van der Waals surface area contributed by atoms with Gasteiger partial charge >= 0.3 is 12.4 Å². The molecule has 0 atom stereocenters. The average molecular weight is 421 g/mol. The van der Waals surface area contributed by atoms with Crippen molar-refractivity contribution in [2.45, 2.75) is 25.2 Å². The molecule has 10 heteroatoms. The highest BCUT2D eigenvalue weighted by molar-refractivity contribution is 6.32. The number of pyridine rings is 1. The molecule has 0 aliphatic heterocycles. The molecule has 28 heavy (non-hydrogen) atoms. The van der Waals surface area contributed by atoms with Crippen LogP contribution in [0.5, 0.6) is 0 Å². The van der Waals surface area contributed by atoms with Crippen molar-refractivity contribution in [1.82, 2.24) is 10.3 Å². The fourth-order valence-electron chi connectivity index (χ4n) is 2.72. The Morgan fingerprint density at radius 1 is 1.04 bits per heavy atom. The molecular weight excluding hydrogens is 410 g/mol. The van der Waals surface area contributed by atoms with Gasteiger partial charge in [-0.15, -0.1) is 0 Å². The van der Waals surface area contributed by atoms with Crippen LogP contribution < -0.4 is 5.32 Å². The van der Waals surface area contributed by atoms with E-state index in [1.165, 1.54) is 12.1 Å². The Balaban J connectivity index is 1.89. The van der Waals surface area contributed by atoms with Crippen LogP contribution in [0.4, 0.5) is 26.3 Å². The third-order valence-corrected chi connectivity index (χ3v) is 4.47. The number of allylic oxidation sites excluding steroid dienone is 2. The summed E-state index contributed by atoms with van der Waals surface area (Å²) in [6, 6.07) is 5.02. The highest BCUT2D eigenvalue weighted by Gasteiger charge is 2.36. The molecule has 1 aliphatic carbocycles. The Bertz CT molecular complexity index is 965. The van der Waals surface area contributed by atoms with Gasteiger partial charge in [-0.1, -0.05) is 23.7 Å². The van der Waals surface area contributed by atoms with Crippen LogP contribution in [0.1, 0.15) is 40.0 Å². The highest BCUT2D eigenvalue weighted by atomic mass is 35.5. The maximum atomic E-state index is 13.1. The van der Waals surface area contributed by atoms with E-state index in [9.17, 15) is 31.1 Å². The molecule has 1 aromatic heterocycles. The quantitative estimate of drug-likeness (QED) is 0.646. The zero-order valence-electron chi connectivity index (χ0n) is 13.9. The first-order chi connectivity index (χ1) is 13.0. The first-order valence-corrected chi connectivity index (χ1v) is 8.29. The molecule has 2 aromatic rings. The molecule has 0 bridgehead atoms. The Morgan fingerprint density at radius 2 is 1.71 bits per heavy atom. The van der Waals surface area contributed by atoms with Crippen LogP contribution >= 0.6 is 11.6 Å². The summed E-state index contributed by atoms with van der Waals surface area (Å²) >= 11 is 5.89. The summed E-state index contributed by atoms with van der Waals surface area (Å²) < 4.78 is 77.3. The van der Waals surface area contributed by atoms with Gasteiger partial charge in [0.15, 0.2) is 0 Å². The minimum atomic E-state index is -4.71. The van der Waals surface area contributed by atoms with Crippen molar-refractivity contribution in [3.05, 3.63) is 69.6 Å². The summed E-state index contributed by atoms with van der Waals surface area (Å²) in [6.07, 6.45) is -8.00. The van der Waals surface area contributed by atoms with E-state index in [1.807, 2.05) is 0 Å². The van der Waals surface area contributed by atoms with Crippen LogP contribution in [0.3, 0.4) is 0 Å². The van der Waals surface area contributed by atoms with Crippen molar-refractivity contribution in [1.29, 1.82) is 0 Å². The number of hydrogen-bond donors (Lipinski definition) is 1. The monoisotopic (exact) mass is 420 g/mol. The predicted molar refractivity (Wildman–Crippen MR) is 89.3 cm³/mol. The average Bonchev–Trinajstić information content (AvgIpc) is 2.58. The van der Waals surface area contributed by atoms with E-state index in [0.717, 1.165) is 12.1 Å². The van der Waals surface area contributed by atoms with Crippen molar-refractivity contribution < 1.29 is 31.1 Å². The number of rotatable bonds is 3. The predicted octanol–water partition coefficient (Wildman–Crippen LogP) is 5.71. The molecule has 3 rings (SSSR count). The fourth-order valence-corrected chi connectivity index (χ4v) is 3.00. The van der Waals surface area contributed by atoms with Crippen molar-refractivity contribution >= 4 is 23.1 Å². The number of hydrogen-bond acceptors (Lipinski definition) is 2. The topological polar surface area (TPSA) is 42.0 Å². The van der Waals surface area contributed by atoms with Crippen molar-refractivity contribution in [2.75, 3.05) is 0 Å². The van der Waals surface area contributed by atoms with Gasteiger partial charge < -0.3 is 5.32 Å². The molecular formula is C18H11ClF6N2O. The first-order valence-electron chi connectivity index (χ1n) is 7.91. The molecule has 0 unspecified atom stereocenters. The van der Waals surface area contributed by atoms with Crippen molar-refractivity contribution in [2.24, 2.45) is 0 Å². The number of alkyl halides is 6. The lowest BCUT2D eigenvalue weighted by Crippen LogP contribution is -2.29. The molecule has 1 amide bonds. The standard InChI is InChI=1S/C18H11ClF6N2O/c19-13-7-9(17(20,21)22)8-26-15(13)11-5-6-14(11)27-16(28)10-3-1-2-4-12(10)18(23,24)25/h1-4,7-8H,5-6H2,(H,27,28). The summed E-state index contributed by atoms with van der Waals surface area (Å²) in [5.74, 6) is -0.969. The summed E-state index contributed by atoms with van der Waals surface area (Å²) in [7, 11) is 0. The van der Waals surface area contributed by atoms with E-state index in [0.29, 0.717) is 30.7 Å². The second kappa shape index (κ2) is 7.12. The van der Waals surface area contributed by atoms with Crippen LogP contribution in [0.15, 0.2) is 42.2 Å². The van der Waals surface area contributed by atoms with Gasteiger partial charge in [0.05, 0.1) is 27.4 Å². The van der Waals surface area contributed by atoms with E-state index in [-0.39, 0.29) is 16.4 Å². The minimum Gasteiger partial charge on any atom is -0.325 e. The first kappa shape index (κ1) is 20.2. The molecule has 0 radical (unpaired) electrons. The lowest BCUT2D eigenvalue weighted by Gasteiger charge is -2.25. The SMILES string of the molecule is O=C(NC1=C(c2ncc(C(F)(F)F)cc2Cl)CC1)c1ccccc1C(F)(F)F. The van der Waals surface area contributed by atoms with E-state index in [4.69, 9.17) is 11.6 Å². The molecule has 0 spiro atoms. The maximum absolute atomic E-state index is 13.1. The molecule has 1 aromatic carbocycles. The van der Waals surface area contributed by atoms with Gasteiger partial charge in [0.25, 0.3) is 5.91 Å². The molecule has 0 saturated heterocycles. The van der Waals surface area contributed by atoms with Crippen LogP contribution in [0, 0.1) is 0 Å². The number of nitrogens with one attached hydrogen (secondary N) is 1. The summed E-state index contributed by atoms with van der Waals surface area (Å²) in [5, 5.41) is 2.13. The van der Waals surface area contributed by atoms with Gasteiger partial charge in [-0.05, 0) is 36.6 Å². The molecule has 1 N–H and O–H groups in total. The Labute approximate surface area is 160 Å². The molecule has 3 nitrogen and oxygen atoms in total. The van der Waals surface area contributed by atoms with E-state index < -0.39 is 35.0 Å². The molecule has 0 fully saturated rings. The molecule has 1 heterocycles. The van der Waals surface area contributed by atoms with Gasteiger partial charge in [-0.3, -0.25) is 9.78 Å². The lowest BCUT2D eigenvalue weighted by atomic mass is 9.90. The zero-order valence-corrected chi connectivity index (χ0v) is 14.6. The molecule has 1 aliphatic rings. The zero-order chi connectivity index (χ0) is 20.7. The van der Waals surface area contributed by atoms with E-state index in [2.05, 4.69) is 10.3 Å². The second-order valence-electron chi connectivity index (χ2n) is 6.01. The van der Waals surface area contributed by atoms with Gasteiger partial charge in [0.1, 0.15) is 0 Å². The number of benzene rings is 1. The number of amides is 1. The van der Waals surface area contributed by atoms with Gasteiger partial charge in [-0.2, -0.15) is 26.3 Å². The summed E-state index contributed by atoms with van der Waals surface area (Å²) in [5.41, 5.74) is -1.95. The minimum absolute atomic E-state index is 0.0559. The Morgan fingerprint density at radius 3 is 2.25 bits per heavy atom. The van der Waals surface area contributed by atoms with Crippen molar-refractivity contribution in [3.8, 4) is 0 Å². The normalized spacial score (nSPS) is 14.7. The second-order valence-corrected chi connectivity index (χ2v) is 6.41. The van der Waals surface area contributed by atoms with E-state index >= 15 is 0 Å². The van der Waals surface area contributed by atoms with E-state index in [1.54, 1.807) is 0 Å². The third kappa shape index (κ3) is 3.99. The lowest BCUT2D eigenvalue weighted by molar-refractivity contribution is -0.138. The summed E-state index contributed by atoms with van der Waals surface area (Å²) in [4.78, 5) is 16.0. The number of nitrogens with zero attached hydrogens (tertiary/aromatic N) is 1. The van der Waals surface area contributed by atoms with Crippen molar-refractivity contribution in [3.63, 3.8) is 0 Å². The van der Waals surface area contributed by atoms with Crippen LogP contribution in [-0.2, 0) is 12.4 Å². The Hall–Kier alpha value is -2.55. The van der Waals surface area contributed by atoms with Gasteiger partial charge in [0, 0.05) is 11.9 Å². The maximum Gasteiger partial charge on any atom is 0.417 e. The number of halogens is 7. The molecule has 0 saturated carbocycles.